The lowest BCUT2D eigenvalue weighted by Gasteiger charge is -2.25. The number of nitrogens with one attached hydrogen (secondary N) is 2. The van der Waals surface area contributed by atoms with E-state index in [0.29, 0.717) is 0 Å². The molecular weight excluding hydrogens is 436 g/mol. The van der Waals surface area contributed by atoms with Gasteiger partial charge in [0.2, 0.25) is 5.91 Å². The van der Waals surface area contributed by atoms with E-state index < -0.39 is 36.0 Å². The molecule has 0 spiro atoms. The Morgan fingerprint density at radius 2 is 1.59 bits per heavy atom. The van der Waals surface area contributed by atoms with Gasteiger partial charge in [-0.3, -0.25) is 9.59 Å². The molecule has 0 radical (unpaired) electrons. The maximum atomic E-state index is 12.6. The number of carbonyl (C=O) groups is 3. The van der Waals surface area contributed by atoms with Crippen molar-refractivity contribution in [3.63, 3.8) is 0 Å². The molecule has 0 saturated carbocycles. The maximum Gasteiger partial charge on any atom is 0.407 e. The number of aliphatic hydroxyl groups is 1. The van der Waals surface area contributed by atoms with Crippen molar-refractivity contribution in [3.05, 3.63) is 59.7 Å². The lowest BCUT2D eigenvalue weighted by Crippen LogP contribution is -2.46. The van der Waals surface area contributed by atoms with Crippen molar-refractivity contribution >= 4 is 18.0 Å². The lowest BCUT2D eigenvalue weighted by molar-refractivity contribution is -0.142. The summed E-state index contributed by atoms with van der Waals surface area (Å²) < 4.78 is 5.57. The van der Waals surface area contributed by atoms with Crippen LogP contribution in [0.2, 0.25) is 0 Å². The Hall–Kier alpha value is -3.39. The zero-order chi connectivity index (χ0) is 24.9. The number of amides is 2. The Balaban J connectivity index is 1.56. The fraction of sp³-hybridized carbons (Fsp3) is 0.423. The minimum Gasteiger partial charge on any atom is -0.481 e. The topological polar surface area (TPSA) is 125 Å². The molecule has 1 aliphatic rings. The molecule has 1 aliphatic carbocycles. The van der Waals surface area contributed by atoms with Gasteiger partial charge in [-0.2, -0.15) is 0 Å². The van der Waals surface area contributed by atoms with Crippen LogP contribution in [0.25, 0.3) is 11.1 Å². The highest BCUT2D eigenvalue weighted by atomic mass is 16.5. The molecule has 0 heterocycles. The second kappa shape index (κ2) is 10.7. The highest BCUT2D eigenvalue weighted by Crippen LogP contribution is 2.44. The van der Waals surface area contributed by atoms with Crippen molar-refractivity contribution < 1.29 is 29.3 Å². The van der Waals surface area contributed by atoms with Gasteiger partial charge in [-0.25, -0.2) is 4.79 Å². The molecule has 0 aromatic heterocycles. The Morgan fingerprint density at radius 3 is 2.12 bits per heavy atom. The van der Waals surface area contributed by atoms with E-state index >= 15 is 0 Å². The predicted octanol–water partition coefficient (Wildman–Crippen LogP) is 3.28. The molecule has 0 aliphatic heterocycles. The van der Waals surface area contributed by atoms with Crippen molar-refractivity contribution in [1.29, 1.82) is 0 Å². The van der Waals surface area contributed by atoms with Crippen molar-refractivity contribution in [2.45, 2.75) is 51.2 Å². The van der Waals surface area contributed by atoms with Crippen LogP contribution < -0.4 is 10.6 Å². The molecule has 8 nitrogen and oxygen atoms in total. The number of alkyl carbamates (subject to hydrolysis) is 1. The monoisotopic (exact) mass is 468 g/mol. The number of carboxylic acids is 1. The fourth-order valence-electron chi connectivity index (χ4n) is 4.19. The van der Waals surface area contributed by atoms with E-state index in [1.54, 1.807) is 0 Å². The zero-order valence-corrected chi connectivity index (χ0v) is 19.7. The normalized spacial score (nSPS) is 15.1. The first kappa shape index (κ1) is 25.2. The molecule has 182 valence electrons. The van der Waals surface area contributed by atoms with Crippen LogP contribution in [-0.2, 0) is 14.3 Å². The summed E-state index contributed by atoms with van der Waals surface area (Å²) in [6, 6.07) is 15.7. The number of rotatable bonds is 10. The summed E-state index contributed by atoms with van der Waals surface area (Å²) in [4.78, 5) is 35.7. The molecule has 0 fully saturated rings. The van der Waals surface area contributed by atoms with Crippen LogP contribution in [-0.4, -0.2) is 53.0 Å². The third-order valence-electron chi connectivity index (χ3n) is 6.06. The number of hydrogen-bond donors (Lipinski definition) is 4. The second-order valence-corrected chi connectivity index (χ2v) is 9.37. The Labute approximate surface area is 199 Å². The molecule has 4 N–H and O–H groups in total. The average molecular weight is 469 g/mol. The number of carboxylic acid groups (broad SMARTS) is 1. The molecule has 2 amide bonds. The summed E-state index contributed by atoms with van der Waals surface area (Å²) in [5, 5.41) is 24.2. The SMILES string of the molecule is CC(C)[C@H](CC(=O)NCC(C)(O)CC(=O)O)NC(=O)OCC1c2ccccc2-c2ccccc21. The summed E-state index contributed by atoms with van der Waals surface area (Å²) in [5.41, 5.74) is 2.95. The molecule has 3 rings (SSSR count). The second-order valence-electron chi connectivity index (χ2n) is 9.37. The van der Waals surface area contributed by atoms with E-state index in [1.165, 1.54) is 6.92 Å². The zero-order valence-electron chi connectivity index (χ0n) is 19.7. The number of carbonyl (C=O) groups excluding carboxylic acids is 2. The standard InChI is InChI=1S/C26H32N2O6/c1-16(2)22(12-23(29)27-15-26(3,33)13-24(30)31)28-25(32)34-14-21-19-10-6-4-8-17(19)18-9-5-7-11-20(18)21/h4-11,16,21-22,33H,12-15H2,1-3H3,(H,27,29)(H,28,32)(H,30,31)/t22-,26?/m0/s1. The molecule has 2 aromatic rings. The smallest absolute Gasteiger partial charge is 0.407 e. The van der Waals surface area contributed by atoms with Gasteiger partial charge < -0.3 is 25.6 Å². The molecule has 1 unspecified atom stereocenters. The van der Waals surface area contributed by atoms with E-state index in [9.17, 15) is 19.5 Å². The molecule has 34 heavy (non-hydrogen) atoms. The summed E-state index contributed by atoms with van der Waals surface area (Å²) in [6.45, 7) is 5.07. The highest BCUT2D eigenvalue weighted by molar-refractivity contribution is 5.79. The first-order chi connectivity index (χ1) is 16.1. The molecule has 0 bridgehead atoms. The number of benzene rings is 2. The minimum atomic E-state index is -1.56. The van der Waals surface area contributed by atoms with Gasteiger partial charge in [0.25, 0.3) is 0 Å². The fourth-order valence-corrected chi connectivity index (χ4v) is 4.19. The van der Waals surface area contributed by atoms with Crippen molar-refractivity contribution in [1.82, 2.24) is 10.6 Å². The van der Waals surface area contributed by atoms with Crippen LogP contribution in [0.15, 0.2) is 48.5 Å². The van der Waals surface area contributed by atoms with Crippen LogP contribution in [0.3, 0.4) is 0 Å². The van der Waals surface area contributed by atoms with Crippen LogP contribution in [0.1, 0.15) is 50.7 Å². The summed E-state index contributed by atoms with van der Waals surface area (Å²) in [6.07, 6.45) is -1.12. The number of hydrogen-bond acceptors (Lipinski definition) is 5. The van der Waals surface area contributed by atoms with Gasteiger partial charge in [0.1, 0.15) is 6.61 Å². The van der Waals surface area contributed by atoms with Gasteiger partial charge in [-0.1, -0.05) is 62.4 Å². The van der Waals surface area contributed by atoms with Gasteiger partial charge in [-0.05, 0) is 35.1 Å². The van der Waals surface area contributed by atoms with Crippen LogP contribution >= 0.6 is 0 Å². The van der Waals surface area contributed by atoms with E-state index in [-0.39, 0.29) is 31.4 Å². The number of aliphatic carboxylic acids is 1. The number of fused-ring (bicyclic) bond motifs is 3. The summed E-state index contributed by atoms with van der Waals surface area (Å²) >= 11 is 0. The van der Waals surface area contributed by atoms with Gasteiger partial charge >= 0.3 is 12.1 Å². The molecule has 8 heteroatoms. The third kappa shape index (κ3) is 6.35. The Morgan fingerprint density at radius 1 is 1.03 bits per heavy atom. The maximum absolute atomic E-state index is 12.6. The van der Waals surface area contributed by atoms with Crippen LogP contribution in [0.4, 0.5) is 4.79 Å². The minimum absolute atomic E-state index is 0.0228. The average Bonchev–Trinajstić information content (AvgIpc) is 3.09. The summed E-state index contributed by atoms with van der Waals surface area (Å²) in [5.74, 6) is -1.67. The van der Waals surface area contributed by atoms with Gasteiger partial charge in [-0.15, -0.1) is 0 Å². The highest BCUT2D eigenvalue weighted by Gasteiger charge is 2.30. The number of ether oxygens (including phenoxy) is 1. The quantitative estimate of drug-likeness (QED) is 0.424. The van der Waals surface area contributed by atoms with Gasteiger partial charge in [0.15, 0.2) is 0 Å². The van der Waals surface area contributed by atoms with Crippen molar-refractivity contribution in [2.24, 2.45) is 5.92 Å². The molecular formula is C26H32N2O6. The van der Waals surface area contributed by atoms with Crippen LogP contribution in [0.5, 0.6) is 0 Å². The van der Waals surface area contributed by atoms with E-state index in [2.05, 4.69) is 22.8 Å². The predicted molar refractivity (Wildman–Crippen MR) is 127 cm³/mol. The first-order valence-electron chi connectivity index (χ1n) is 11.4. The largest absolute Gasteiger partial charge is 0.481 e. The first-order valence-corrected chi connectivity index (χ1v) is 11.4. The molecule has 0 saturated heterocycles. The van der Waals surface area contributed by atoms with Crippen LogP contribution in [0, 0.1) is 5.92 Å². The van der Waals surface area contributed by atoms with Gasteiger partial charge in [0.05, 0.1) is 12.0 Å². The van der Waals surface area contributed by atoms with Crippen molar-refractivity contribution in [3.8, 4) is 11.1 Å². The van der Waals surface area contributed by atoms with E-state index in [4.69, 9.17) is 9.84 Å². The summed E-state index contributed by atoms with van der Waals surface area (Å²) in [7, 11) is 0. The molecule has 2 aromatic carbocycles. The van der Waals surface area contributed by atoms with Gasteiger partial charge in [0, 0.05) is 24.9 Å². The third-order valence-corrected chi connectivity index (χ3v) is 6.06. The Bertz CT molecular complexity index is 1000. The van der Waals surface area contributed by atoms with Crippen molar-refractivity contribution in [2.75, 3.05) is 13.2 Å². The Kier molecular flexibility index (Phi) is 7.94. The lowest BCUT2D eigenvalue weighted by atomic mass is 9.98. The van der Waals surface area contributed by atoms with E-state index in [1.807, 2.05) is 50.2 Å². The molecule has 2 atom stereocenters. The van der Waals surface area contributed by atoms with E-state index in [0.717, 1.165) is 22.3 Å².